The molecule has 0 aromatic carbocycles. The lowest BCUT2D eigenvalue weighted by molar-refractivity contribution is -0.117. The molecule has 1 amide bonds. The summed E-state index contributed by atoms with van der Waals surface area (Å²) in [6.45, 7) is 0. The third-order valence-corrected chi connectivity index (χ3v) is 1.08. The zero-order chi connectivity index (χ0) is 7.56. The van der Waals surface area contributed by atoms with Crippen LogP contribution in [0.3, 0.4) is 0 Å². The Morgan fingerprint density at radius 2 is 2.60 bits per heavy atom. The third kappa shape index (κ3) is 1.31. The van der Waals surface area contributed by atoms with Crippen molar-refractivity contribution in [1.82, 2.24) is 14.8 Å². The summed E-state index contributed by atoms with van der Waals surface area (Å²) in [6, 6.07) is 0. The normalized spacial score (nSPS) is 9.70. The van der Waals surface area contributed by atoms with Gasteiger partial charge in [0.25, 0.3) is 0 Å². The summed E-state index contributed by atoms with van der Waals surface area (Å²) in [6.07, 6.45) is 2.64. The standard InChI is InChI=1S/C5H7N4O/c1-9-3-7-8-5(9)2-4(6)10/h2H2,1H3,(H2,6,10). The second-order valence-corrected chi connectivity index (χ2v) is 1.92. The minimum Gasteiger partial charge on any atom is -0.369 e. The first-order valence-corrected chi connectivity index (χ1v) is 2.74. The molecule has 1 rings (SSSR count). The van der Waals surface area contributed by atoms with Gasteiger partial charge in [-0.15, -0.1) is 10.2 Å². The van der Waals surface area contributed by atoms with E-state index in [9.17, 15) is 4.79 Å². The van der Waals surface area contributed by atoms with E-state index in [0.29, 0.717) is 5.82 Å². The monoisotopic (exact) mass is 139 g/mol. The number of hydrogen-bond donors (Lipinski definition) is 1. The molecule has 5 heteroatoms. The number of carbonyl (C=O) groups excluding carboxylic acids is 1. The van der Waals surface area contributed by atoms with Crippen molar-refractivity contribution in [2.75, 3.05) is 0 Å². The van der Waals surface area contributed by atoms with E-state index in [1.165, 1.54) is 4.57 Å². The van der Waals surface area contributed by atoms with Crippen LogP contribution < -0.4 is 5.73 Å². The van der Waals surface area contributed by atoms with Gasteiger partial charge >= 0.3 is 0 Å². The molecule has 1 aromatic rings. The molecule has 0 aliphatic rings. The first kappa shape index (κ1) is 6.73. The topological polar surface area (TPSA) is 73.8 Å². The molecule has 0 aliphatic heterocycles. The van der Waals surface area contributed by atoms with Crippen molar-refractivity contribution < 1.29 is 4.79 Å². The van der Waals surface area contributed by atoms with Crippen molar-refractivity contribution in [3.8, 4) is 0 Å². The van der Waals surface area contributed by atoms with Crippen molar-refractivity contribution in [1.29, 1.82) is 0 Å². The lowest BCUT2D eigenvalue weighted by Gasteiger charge is -1.92. The first-order chi connectivity index (χ1) is 4.70. The van der Waals surface area contributed by atoms with Crippen LogP contribution in [0.4, 0.5) is 0 Å². The number of nitrogens with zero attached hydrogens (tertiary/aromatic N) is 3. The highest BCUT2D eigenvalue weighted by Crippen LogP contribution is 1.89. The smallest absolute Gasteiger partial charge is 0.225 e. The second-order valence-electron chi connectivity index (χ2n) is 1.92. The molecule has 0 saturated heterocycles. The van der Waals surface area contributed by atoms with Crippen LogP contribution in [-0.2, 0) is 18.3 Å². The Bertz CT molecular complexity index is 242. The van der Waals surface area contributed by atoms with E-state index in [0.717, 1.165) is 0 Å². The van der Waals surface area contributed by atoms with Crippen molar-refractivity contribution in [2.24, 2.45) is 12.8 Å². The number of primary amides is 1. The van der Waals surface area contributed by atoms with Gasteiger partial charge in [-0.3, -0.25) is 4.79 Å². The molecular weight excluding hydrogens is 132 g/mol. The zero-order valence-corrected chi connectivity index (χ0v) is 5.53. The zero-order valence-electron chi connectivity index (χ0n) is 5.53. The van der Waals surface area contributed by atoms with Crippen LogP contribution in [-0.4, -0.2) is 20.7 Å². The molecule has 5 nitrogen and oxygen atoms in total. The fourth-order valence-electron chi connectivity index (χ4n) is 0.582. The van der Waals surface area contributed by atoms with Gasteiger partial charge in [-0.25, -0.2) is 0 Å². The molecule has 0 fully saturated rings. The summed E-state index contributed by atoms with van der Waals surface area (Å²) in [5, 5.41) is 7.07. The Morgan fingerprint density at radius 1 is 1.90 bits per heavy atom. The highest BCUT2D eigenvalue weighted by Gasteiger charge is 2.03. The Morgan fingerprint density at radius 3 is 3.00 bits per heavy atom. The van der Waals surface area contributed by atoms with Crippen molar-refractivity contribution in [3.63, 3.8) is 0 Å². The lowest BCUT2D eigenvalue weighted by Crippen LogP contribution is -2.16. The van der Waals surface area contributed by atoms with E-state index in [4.69, 9.17) is 5.73 Å². The molecule has 0 atom stereocenters. The van der Waals surface area contributed by atoms with E-state index in [1.807, 2.05) is 0 Å². The van der Waals surface area contributed by atoms with E-state index < -0.39 is 5.91 Å². The van der Waals surface area contributed by atoms with Gasteiger partial charge in [0.15, 0.2) is 0 Å². The SMILES string of the molecule is Cn1[c]nnc1CC(N)=O. The van der Waals surface area contributed by atoms with Gasteiger partial charge in [0, 0.05) is 7.05 Å². The van der Waals surface area contributed by atoms with Gasteiger partial charge in [-0.2, -0.15) is 0 Å². The number of aromatic nitrogens is 3. The minimum absolute atomic E-state index is 0.118. The molecule has 2 N–H and O–H groups in total. The second kappa shape index (κ2) is 2.47. The summed E-state index contributed by atoms with van der Waals surface area (Å²) in [7, 11) is 1.71. The Hall–Kier alpha value is -1.39. The number of aryl methyl sites for hydroxylation is 1. The molecule has 0 unspecified atom stereocenters. The van der Waals surface area contributed by atoms with E-state index in [-0.39, 0.29) is 6.42 Å². The fraction of sp³-hybridized carbons (Fsp3) is 0.400. The summed E-state index contributed by atoms with van der Waals surface area (Å²) < 4.78 is 1.53. The Balaban J connectivity index is 2.74. The van der Waals surface area contributed by atoms with Gasteiger partial charge in [0.1, 0.15) is 5.82 Å². The van der Waals surface area contributed by atoms with Crippen molar-refractivity contribution in [2.45, 2.75) is 6.42 Å². The van der Waals surface area contributed by atoms with Crippen LogP contribution in [0.5, 0.6) is 0 Å². The van der Waals surface area contributed by atoms with Gasteiger partial charge in [0.2, 0.25) is 12.2 Å². The van der Waals surface area contributed by atoms with Crippen LogP contribution in [0.2, 0.25) is 0 Å². The van der Waals surface area contributed by atoms with Crippen molar-refractivity contribution in [3.05, 3.63) is 12.2 Å². The molecule has 53 valence electrons. The van der Waals surface area contributed by atoms with Crippen molar-refractivity contribution >= 4 is 5.91 Å². The Kier molecular flexibility index (Phi) is 1.66. The molecule has 0 saturated carbocycles. The molecule has 1 aromatic heterocycles. The van der Waals surface area contributed by atoms with Crippen LogP contribution in [0.25, 0.3) is 0 Å². The lowest BCUT2D eigenvalue weighted by atomic mass is 10.4. The molecular formula is C5H7N4O. The van der Waals surface area contributed by atoms with Gasteiger partial charge in [0.05, 0.1) is 6.42 Å². The molecule has 1 heterocycles. The molecule has 0 aliphatic carbocycles. The summed E-state index contributed by atoms with van der Waals surface area (Å²) in [5.74, 6) is 0.122. The number of carbonyl (C=O) groups is 1. The molecule has 0 bridgehead atoms. The fourth-order valence-corrected chi connectivity index (χ4v) is 0.582. The largest absolute Gasteiger partial charge is 0.369 e. The number of nitrogens with two attached hydrogens (primary N) is 1. The highest BCUT2D eigenvalue weighted by molar-refractivity contribution is 5.75. The maximum absolute atomic E-state index is 10.3. The highest BCUT2D eigenvalue weighted by atomic mass is 16.1. The van der Waals surface area contributed by atoms with E-state index >= 15 is 0 Å². The summed E-state index contributed by atoms with van der Waals surface area (Å²) >= 11 is 0. The predicted molar refractivity (Wildman–Crippen MR) is 32.7 cm³/mol. The first-order valence-electron chi connectivity index (χ1n) is 2.74. The van der Waals surface area contributed by atoms with Crippen LogP contribution in [0, 0.1) is 6.33 Å². The maximum Gasteiger partial charge on any atom is 0.225 e. The molecule has 0 spiro atoms. The predicted octanol–water partition coefficient (Wildman–Crippen LogP) is -1.36. The third-order valence-electron chi connectivity index (χ3n) is 1.08. The van der Waals surface area contributed by atoms with E-state index in [2.05, 4.69) is 16.5 Å². The average molecular weight is 139 g/mol. The number of amides is 1. The van der Waals surface area contributed by atoms with Gasteiger partial charge in [-0.05, 0) is 0 Å². The van der Waals surface area contributed by atoms with Crippen LogP contribution in [0.15, 0.2) is 0 Å². The van der Waals surface area contributed by atoms with Gasteiger partial charge in [-0.1, -0.05) is 0 Å². The van der Waals surface area contributed by atoms with Gasteiger partial charge < -0.3 is 10.3 Å². The minimum atomic E-state index is -0.412. The quantitative estimate of drug-likeness (QED) is 0.550. The average Bonchev–Trinajstić information content (AvgIpc) is 2.15. The maximum atomic E-state index is 10.3. The van der Waals surface area contributed by atoms with E-state index in [1.54, 1.807) is 7.05 Å². The number of hydrogen-bond acceptors (Lipinski definition) is 3. The number of rotatable bonds is 2. The summed E-state index contributed by atoms with van der Waals surface area (Å²) in [5.41, 5.74) is 4.92. The molecule has 10 heavy (non-hydrogen) atoms. The van der Waals surface area contributed by atoms with Crippen LogP contribution >= 0.6 is 0 Å². The summed E-state index contributed by atoms with van der Waals surface area (Å²) in [4.78, 5) is 10.3. The Labute approximate surface area is 57.9 Å². The van der Waals surface area contributed by atoms with Crippen LogP contribution in [0.1, 0.15) is 5.82 Å². The molecule has 1 radical (unpaired) electrons.